The molecule has 7 heteroatoms. The molecule has 6 nitrogen and oxygen atoms in total. The number of carbonyl (C=O) groups is 2. The van der Waals surface area contributed by atoms with Gasteiger partial charge in [-0.3, -0.25) is 9.59 Å². The first kappa shape index (κ1) is 17.1. The number of carbonyl (C=O) groups excluding carboxylic acids is 2. The van der Waals surface area contributed by atoms with Crippen LogP contribution in [0.4, 0.5) is 16.2 Å². The first-order valence-electron chi connectivity index (χ1n) is 8.28. The summed E-state index contributed by atoms with van der Waals surface area (Å²) in [4.78, 5) is 30.0. The average molecular weight is 348 g/mol. The number of hydrogen-bond donors (Lipinski definition) is 1. The van der Waals surface area contributed by atoms with Crippen LogP contribution in [0.3, 0.4) is 0 Å². The summed E-state index contributed by atoms with van der Waals surface area (Å²) in [7, 11) is 2.14. The van der Waals surface area contributed by atoms with Crippen LogP contribution < -0.4 is 10.2 Å². The molecule has 24 heavy (non-hydrogen) atoms. The molecule has 2 heterocycles. The largest absolute Gasteiger partial charge is 0.369 e. The van der Waals surface area contributed by atoms with Gasteiger partial charge in [-0.1, -0.05) is 11.8 Å². The molecule has 2 saturated heterocycles. The molecular formula is C17H24N4O2S. The van der Waals surface area contributed by atoms with Crippen LogP contribution in [-0.4, -0.2) is 73.0 Å². The topological polar surface area (TPSA) is 55.9 Å². The maximum absolute atomic E-state index is 12.2. The molecule has 0 bridgehead atoms. The second kappa shape index (κ2) is 7.44. The highest BCUT2D eigenvalue weighted by Crippen LogP contribution is 2.24. The molecule has 2 aliphatic heterocycles. The highest BCUT2D eigenvalue weighted by molar-refractivity contribution is 8.13. The third-order valence-corrected chi connectivity index (χ3v) is 5.42. The van der Waals surface area contributed by atoms with E-state index >= 15 is 0 Å². The van der Waals surface area contributed by atoms with Crippen LogP contribution in [0.15, 0.2) is 18.2 Å². The number of thioether (sulfide) groups is 1. The molecule has 0 aliphatic carbocycles. The molecule has 0 spiro atoms. The van der Waals surface area contributed by atoms with Gasteiger partial charge in [-0.2, -0.15) is 0 Å². The quantitative estimate of drug-likeness (QED) is 0.900. The average Bonchev–Trinajstić information content (AvgIpc) is 2.95. The number of aryl methyl sites for hydroxylation is 1. The maximum Gasteiger partial charge on any atom is 0.282 e. The van der Waals surface area contributed by atoms with E-state index in [1.165, 1.54) is 17.4 Å². The van der Waals surface area contributed by atoms with Gasteiger partial charge in [0, 0.05) is 49.9 Å². The number of hydrogen-bond acceptors (Lipinski definition) is 5. The lowest BCUT2D eigenvalue weighted by Gasteiger charge is -2.34. The summed E-state index contributed by atoms with van der Waals surface area (Å²) in [6.45, 7) is 6.97. The molecule has 130 valence electrons. The minimum atomic E-state index is -0.138. The smallest absolute Gasteiger partial charge is 0.282 e. The van der Waals surface area contributed by atoms with Crippen LogP contribution in [0, 0.1) is 6.92 Å². The summed E-state index contributed by atoms with van der Waals surface area (Å²) in [5, 5.41) is 2.92. The van der Waals surface area contributed by atoms with Crippen molar-refractivity contribution in [3.63, 3.8) is 0 Å². The fourth-order valence-electron chi connectivity index (χ4n) is 2.98. The molecule has 0 radical (unpaired) electrons. The van der Waals surface area contributed by atoms with Crippen molar-refractivity contribution in [3.05, 3.63) is 23.8 Å². The Kier molecular flexibility index (Phi) is 5.30. The molecule has 1 aromatic rings. The number of nitrogens with one attached hydrogen (secondary N) is 1. The molecule has 3 rings (SSSR count). The van der Waals surface area contributed by atoms with Crippen molar-refractivity contribution >= 4 is 34.3 Å². The maximum atomic E-state index is 12.2. The molecule has 1 aromatic carbocycles. The van der Waals surface area contributed by atoms with Crippen LogP contribution in [0.25, 0.3) is 0 Å². The number of nitrogens with zero attached hydrogens (tertiary/aromatic N) is 3. The fraction of sp³-hybridized carbons (Fsp3) is 0.529. The van der Waals surface area contributed by atoms with E-state index in [1.54, 1.807) is 4.90 Å². The zero-order valence-corrected chi connectivity index (χ0v) is 15.1. The van der Waals surface area contributed by atoms with E-state index in [1.807, 2.05) is 13.0 Å². The van der Waals surface area contributed by atoms with Gasteiger partial charge in [0.1, 0.15) is 6.54 Å². The van der Waals surface area contributed by atoms with Crippen LogP contribution in [-0.2, 0) is 4.79 Å². The van der Waals surface area contributed by atoms with Gasteiger partial charge < -0.3 is 20.0 Å². The first-order chi connectivity index (χ1) is 11.5. The predicted molar refractivity (Wildman–Crippen MR) is 98.9 cm³/mol. The monoisotopic (exact) mass is 348 g/mol. The zero-order chi connectivity index (χ0) is 17.1. The predicted octanol–water partition coefficient (Wildman–Crippen LogP) is 1.85. The Labute approximate surface area is 147 Å². The number of benzene rings is 1. The van der Waals surface area contributed by atoms with E-state index in [0.29, 0.717) is 6.54 Å². The molecule has 2 aliphatic rings. The van der Waals surface area contributed by atoms with Crippen molar-refractivity contribution in [2.24, 2.45) is 0 Å². The summed E-state index contributed by atoms with van der Waals surface area (Å²) in [6.07, 6.45) is 0. The van der Waals surface area contributed by atoms with Crippen LogP contribution >= 0.6 is 11.8 Å². The van der Waals surface area contributed by atoms with E-state index in [9.17, 15) is 9.59 Å². The summed E-state index contributed by atoms with van der Waals surface area (Å²) >= 11 is 1.27. The van der Waals surface area contributed by atoms with Crippen molar-refractivity contribution in [3.8, 4) is 0 Å². The first-order valence-corrected chi connectivity index (χ1v) is 9.27. The van der Waals surface area contributed by atoms with E-state index < -0.39 is 0 Å². The van der Waals surface area contributed by atoms with Gasteiger partial charge in [0.25, 0.3) is 5.24 Å². The third-order valence-electron chi connectivity index (χ3n) is 4.53. The third kappa shape index (κ3) is 4.02. The van der Waals surface area contributed by atoms with Crippen LogP contribution in [0.2, 0.25) is 0 Å². The SMILES string of the molecule is Cc1cc(N2CCN(C)CC2)ccc1NC(=O)CN1CCSC1=O. The van der Waals surface area contributed by atoms with Gasteiger partial charge in [-0.05, 0) is 37.7 Å². The number of amides is 2. The molecule has 2 fully saturated rings. The second-order valence-electron chi connectivity index (χ2n) is 6.37. The van der Waals surface area contributed by atoms with Gasteiger partial charge in [0.2, 0.25) is 5.91 Å². The van der Waals surface area contributed by atoms with Crippen molar-refractivity contribution in [1.82, 2.24) is 9.80 Å². The van der Waals surface area contributed by atoms with Crippen molar-refractivity contribution in [2.45, 2.75) is 6.92 Å². The molecule has 0 aromatic heterocycles. The van der Waals surface area contributed by atoms with Gasteiger partial charge >= 0.3 is 0 Å². The Balaban J connectivity index is 1.60. The second-order valence-corrected chi connectivity index (χ2v) is 7.42. The lowest BCUT2D eigenvalue weighted by atomic mass is 10.1. The lowest BCUT2D eigenvalue weighted by molar-refractivity contribution is -0.116. The molecule has 2 amide bonds. The molecule has 1 N–H and O–H groups in total. The minimum absolute atomic E-state index is 0.00714. The van der Waals surface area contributed by atoms with E-state index in [-0.39, 0.29) is 17.7 Å². The molecule has 0 atom stereocenters. The normalized spacial score (nSPS) is 19.0. The fourth-order valence-corrected chi connectivity index (χ4v) is 3.81. The minimum Gasteiger partial charge on any atom is -0.369 e. The van der Waals surface area contributed by atoms with Crippen molar-refractivity contribution < 1.29 is 9.59 Å². The molecule has 0 saturated carbocycles. The number of piperazine rings is 1. The Hall–Kier alpha value is -1.73. The van der Waals surface area contributed by atoms with Gasteiger partial charge in [0.05, 0.1) is 0 Å². The molecule has 0 unspecified atom stereocenters. The Morgan fingerprint density at radius 2 is 1.96 bits per heavy atom. The Morgan fingerprint density at radius 1 is 1.21 bits per heavy atom. The van der Waals surface area contributed by atoms with E-state index in [4.69, 9.17) is 0 Å². The van der Waals surface area contributed by atoms with Crippen molar-refractivity contribution in [1.29, 1.82) is 0 Å². The molecular weight excluding hydrogens is 324 g/mol. The Morgan fingerprint density at radius 3 is 2.58 bits per heavy atom. The lowest BCUT2D eigenvalue weighted by Crippen LogP contribution is -2.44. The summed E-state index contributed by atoms with van der Waals surface area (Å²) in [6, 6.07) is 6.14. The Bertz CT molecular complexity index is 629. The van der Waals surface area contributed by atoms with Gasteiger partial charge in [-0.15, -0.1) is 0 Å². The summed E-state index contributed by atoms with van der Waals surface area (Å²) in [5.41, 5.74) is 3.06. The van der Waals surface area contributed by atoms with Crippen LogP contribution in [0.1, 0.15) is 5.56 Å². The standard InChI is InChI=1S/C17H24N4O2S/c1-13-11-14(20-7-5-19(2)6-8-20)3-4-15(13)18-16(22)12-21-9-10-24-17(21)23/h3-4,11H,5-10,12H2,1-2H3,(H,18,22). The summed E-state index contributed by atoms with van der Waals surface area (Å²) < 4.78 is 0. The van der Waals surface area contributed by atoms with Gasteiger partial charge in [-0.25, -0.2) is 0 Å². The highest BCUT2D eigenvalue weighted by atomic mass is 32.2. The van der Waals surface area contributed by atoms with E-state index in [0.717, 1.165) is 43.2 Å². The highest BCUT2D eigenvalue weighted by Gasteiger charge is 2.23. The number of likely N-dealkylation sites (N-methyl/N-ethyl adjacent to an activating group) is 1. The number of rotatable bonds is 4. The zero-order valence-electron chi connectivity index (χ0n) is 14.2. The van der Waals surface area contributed by atoms with Crippen LogP contribution in [0.5, 0.6) is 0 Å². The van der Waals surface area contributed by atoms with Crippen molar-refractivity contribution in [2.75, 3.05) is 62.3 Å². The van der Waals surface area contributed by atoms with Gasteiger partial charge in [0.15, 0.2) is 0 Å². The van der Waals surface area contributed by atoms with E-state index in [2.05, 4.69) is 34.3 Å². The number of anilines is 2. The summed E-state index contributed by atoms with van der Waals surface area (Å²) in [5.74, 6) is 0.631.